The smallest absolute Gasteiger partial charge is 0.243 e. The van der Waals surface area contributed by atoms with E-state index < -0.39 is 30.7 Å². The molecule has 1 unspecified atom stereocenters. The third-order valence-corrected chi connectivity index (χ3v) is 12.8. The fourth-order valence-corrected chi connectivity index (χ4v) is 9.03. The Morgan fingerprint density at radius 3 is 2.52 bits per heavy atom. The number of aliphatic hydroxyl groups is 2. The fourth-order valence-electron chi connectivity index (χ4n) is 7.69. The summed E-state index contributed by atoms with van der Waals surface area (Å²) in [6.07, 6.45) is 5.70. The zero-order valence-electron chi connectivity index (χ0n) is 34.4. The standard InChI is InChI=1S/C46H56ClN7O6S/c1-54-41(22-32-25-51-39-11-3-2-10-36(32)39)44(58)53-26-37-35(29-13-15-34(16-14-29)60-28-33(56)27-55)17-18-38(47)43(37)61-45-31(9-7-21-50-45)24-52-40(12-6-20-49)42(57)23-30(46(54)59)8-4-5-19-48/h2-3,7,9-11,13-18,21,25,30,33,40-41,51-52,55-56H,4-6,8,12,19-20,22-24,26-28,48-49H2,1H3,(H,53,58)/t30-,33?,40+,41+/m1/s1. The number of aromatic nitrogens is 2. The maximum atomic E-state index is 14.8. The number of aromatic amines is 1. The first-order chi connectivity index (χ1) is 29.6. The van der Waals surface area contributed by atoms with Crippen LogP contribution in [0.4, 0.5) is 0 Å². The summed E-state index contributed by atoms with van der Waals surface area (Å²) < 4.78 is 5.67. The number of ketones is 1. The van der Waals surface area contributed by atoms with Crippen LogP contribution in [-0.2, 0) is 33.9 Å². The highest BCUT2D eigenvalue weighted by atomic mass is 35.5. The lowest BCUT2D eigenvalue weighted by molar-refractivity contribution is -0.143. The monoisotopic (exact) mass is 869 g/mol. The van der Waals surface area contributed by atoms with Gasteiger partial charge in [0.15, 0.2) is 5.78 Å². The second-order valence-electron chi connectivity index (χ2n) is 15.4. The highest BCUT2D eigenvalue weighted by Crippen LogP contribution is 2.41. The van der Waals surface area contributed by atoms with Crippen LogP contribution in [0.3, 0.4) is 0 Å². The van der Waals surface area contributed by atoms with E-state index >= 15 is 0 Å². The lowest BCUT2D eigenvalue weighted by Crippen LogP contribution is -2.51. The van der Waals surface area contributed by atoms with E-state index in [1.165, 1.54) is 16.7 Å². The molecule has 9 N–H and O–H groups in total. The molecule has 4 atom stereocenters. The number of nitrogens with one attached hydrogen (secondary N) is 3. The minimum atomic E-state index is -1.01. The van der Waals surface area contributed by atoms with Gasteiger partial charge in [-0.25, -0.2) is 4.98 Å². The summed E-state index contributed by atoms with van der Waals surface area (Å²) in [5, 5.41) is 27.8. The predicted molar refractivity (Wildman–Crippen MR) is 239 cm³/mol. The number of Topliss-reactive ketones (excluding diaryl/α,β-unsaturated/α-hetero) is 1. The summed E-state index contributed by atoms with van der Waals surface area (Å²) in [6, 6.07) is 21.1. The number of fused-ring (bicyclic) bond motifs is 3. The van der Waals surface area contributed by atoms with Gasteiger partial charge in [0.2, 0.25) is 11.8 Å². The number of rotatable bonds is 14. The van der Waals surface area contributed by atoms with Gasteiger partial charge in [0.05, 0.1) is 17.7 Å². The van der Waals surface area contributed by atoms with Crippen molar-refractivity contribution in [3.05, 3.63) is 107 Å². The Bertz CT molecular complexity index is 2260. The third-order valence-electron chi connectivity index (χ3n) is 11.2. The number of aliphatic hydroxyl groups excluding tert-OH is 2. The minimum absolute atomic E-state index is 0.00229. The molecule has 3 heterocycles. The molecular formula is C46H56ClN7O6S. The summed E-state index contributed by atoms with van der Waals surface area (Å²) in [4.78, 5) is 54.0. The number of benzene rings is 3. The Hall–Kier alpha value is -4.80. The van der Waals surface area contributed by atoms with Gasteiger partial charge in [-0.3, -0.25) is 14.4 Å². The van der Waals surface area contributed by atoms with Gasteiger partial charge in [0, 0.05) is 67.1 Å². The number of pyridine rings is 1. The molecule has 324 valence electrons. The average Bonchev–Trinajstić information content (AvgIpc) is 3.69. The lowest BCUT2D eigenvalue weighted by Gasteiger charge is -2.31. The van der Waals surface area contributed by atoms with Crippen LogP contribution in [0.1, 0.15) is 55.2 Å². The summed E-state index contributed by atoms with van der Waals surface area (Å²) >= 11 is 8.44. The number of amides is 2. The van der Waals surface area contributed by atoms with Crippen molar-refractivity contribution >= 4 is 51.9 Å². The van der Waals surface area contributed by atoms with Crippen molar-refractivity contribution in [2.75, 3.05) is 33.4 Å². The van der Waals surface area contributed by atoms with Gasteiger partial charge >= 0.3 is 0 Å². The molecule has 61 heavy (non-hydrogen) atoms. The molecule has 13 nitrogen and oxygen atoms in total. The van der Waals surface area contributed by atoms with E-state index in [2.05, 4.69) is 15.6 Å². The number of ether oxygens (including phenoxy) is 1. The molecule has 1 aliphatic rings. The zero-order chi connectivity index (χ0) is 43.3. The number of likely N-dealkylation sites (N-methyl/N-ethyl adjacent to an activating group) is 1. The van der Waals surface area contributed by atoms with E-state index in [-0.39, 0.29) is 43.6 Å². The zero-order valence-corrected chi connectivity index (χ0v) is 36.0. The first-order valence-corrected chi connectivity index (χ1v) is 22.0. The van der Waals surface area contributed by atoms with E-state index in [4.69, 9.17) is 32.8 Å². The fraction of sp³-hybridized carbons (Fsp3) is 0.391. The van der Waals surface area contributed by atoms with Crippen molar-refractivity contribution in [2.24, 2.45) is 17.4 Å². The molecule has 2 aromatic heterocycles. The molecule has 2 amide bonds. The van der Waals surface area contributed by atoms with Crippen LogP contribution in [-0.4, -0.2) is 94.2 Å². The highest BCUT2D eigenvalue weighted by Gasteiger charge is 2.34. The molecule has 0 fully saturated rings. The van der Waals surface area contributed by atoms with Gasteiger partial charge in [0.1, 0.15) is 29.5 Å². The maximum Gasteiger partial charge on any atom is 0.243 e. The van der Waals surface area contributed by atoms with Crippen molar-refractivity contribution < 1.29 is 29.3 Å². The quantitative estimate of drug-likeness (QED) is 0.0707. The van der Waals surface area contributed by atoms with Gasteiger partial charge in [-0.15, -0.1) is 0 Å². The Labute approximate surface area is 366 Å². The van der Waals surface area contributed by atoms with Crippen LogP contribution in [0.25, 0.3) is 22.0 Å². The van der Waals surface area contributed by atoms with Crippen molar-refractivity contribution in [1.29, 1.82) is 0 Å². The molecule has 0 aliphatic carbocycles. The number of unbranched alkanes of at least 4 members (excludes halogenated alkanes) is 1. The van der Waals surface area contributed by atoms with E-state index in [1.807, 2.05) is 66.9 Å². The topological polar surface area (TPSA) is 209 Å². The second-order valence-corrected chi connectivity index (χ2v) is 16.8. The SMILES string of the molecule is CN1C(=O)[C@H](CCCCN)CC(=O)[C@H](CCCN)NCc2cccnc2Sc2c(Cl)ccc(-c3ccc(OCC(O)CO)cc3)c2CNC(=O)[C@@H]1Cc1c[nH]c2ccccc12. The molecule has 0 radical (unpaired) electrons. The summed E-state index contributed by atoms with van der Waals surface area (Å²) in [7, 11) is 1.65. The number of hydrogen-bond acceptors (Lipinski definition) is 11. The third kappa shape index (κ3) is 11.8. The van der Waals surface area contributed by atoms with Crippen LogP contribution in [0.5, 0.6) is 5.75 Å². The Kier molecular flexibility index (Phi) is 16.7. The average molecular weight is 871 g/mol. The lowest BCUT2D eigenvalue weighted by atomic mass is 9.90. The van der Waals surface area contributed by atoms with Crippen LogP contribution < -0.4 is 26.8 Å². The number of nitrogens with zero attached hydrogens (tertiary/aromatic N) is 2. The van der Waals surface area contributed by atoms with Gasteiger partial charge in [0.25, 0.3) is 0 Å². The van der Waals surface area contributed by atoms with Crippen molar-refractivity contribution in [2.45, 2.75) is 86.1 Å². The largest absolute Gasteiger partial charge is 0.491 e. The van der Waals surface area contributed by atoms with Gasteiger partial charge in [-0.1, -0.05) is 72.2 Å². The van der Waals surface area contributed by atoms with Crippen molar-refractivity contribution in [3.8, 4) is 16.9 Å². The Balaban J connectivity index is 1.45. The number of para-hydroxylation sites is 1. The number of nitrogens with two attached hydrogens (primary N) is 2. The van der Waals surface area contributed by atoms with E-state index in [0.29, 0.717) is 72.4 Å². The number of halogens is 1. The van der Waals surface area contributed by atoms with Gasteiger partial charge < -0.3 is 46.9 Å². The summed E-state index contributed by atoms with van der Waals surface area (Å²) in [5.74, 6) is -0.904. The first-order valence-electron chi connectivity index (χ1n) is 20.8. The molecule has 6 rings (SSSR count). The highest BCUT2D eigenvalue weighted by molar-refractivity contribution is 7.99. The van der Waals surface area contributed by atoms with E-state index in [9.17, 15) is 24.6 Å². The van der Waals surface area contributed by atoms with Gasteiger partial charge in [-0.05, 0) is 96.9 Å². The van der Waals surface area contributed by atoms with E-state index in [0.717, 1.165) is 38.7 Å². The molecule has 15 heteroatoms. The summed E-state index contributed by atoms with van der Waals surface area (Å²) in [5.41, 5.74) is 16.8. The van der Waals surface area contributed by atoms with Crippen LogP contribution >= 0.6 is 23.4 Å². The number of carbonyl (C=O) groups excluding carboxylic acids is 3. The minimum Gasteiger partial charge on any atom is -0.491 e. The molecule has 0 bridgehead atoms. The number of carbonyl (C=O) groups is 3. The molecule has 1 aliphatic heterocycles. The van der Waals surface area contributed by atoms with Crippen LogP contribution in [0, 0.1) is 5.92 Å². The molecule has 0 saturated carbocycles. The van der Waals surface area contributed by atoms with Crippen molar-refractivity contribution in [3.63, 3.8) is 0 Å². The molecule has 5 aromatic rings. The second kappa shape index (κ2) is 22.3. The molecule has 3 aromatic carbocycles. The first kappa shape index (κ1) is 45.7. The molecule has 0 saturated heterocycles. The normalized spacial score (nSPS) is 18.6. The van der Waals surface area contributed by atoms with E-state index in [1.54, 1.807) is 25.4 Å². The number of H-pyrrole nitrogens is 1. The van der Waals surface area contributed by atoms with Crippen LogP contribution in [0.2, 0.25) is 5.02 Å². The Morgan fingerprint density at radius 2 is 1.75 bits per heavy atom. The maximum absolute atomic E-state index is 14.8. The summed E-state index contributed by atoms with van der Waals surface area (Å²) in [6.45, 7) is 0.773. The predicted octanol–water partition coefficient (Wildman–Crippen LogP) is 5.37. The van der Waals surface area contributed by atoms with Gasteiger partial charge in [-0.2, -0.15) is 0 Å². The number of hydrogen-bond donors (Lipinski definition) is 7. The molecular weight excluding hydrogens is 814 g/mol. The van der Waals surface area contributed by atoms with Crippen molar-refractivity contribution in [1.82, 2.24) is 25.5 Å². The Morgan fingerprint density at radius 1 is 0.967 bits per heavy atom. The van der Waals surface area contributed by atoms with Crippen LogP contribution in [0.15, 0.2) is 95.1 Å². The molecule has 0 spiro atoms.